The fraction of sp³-hybridized carbons (Fsp3) is 0.409. The zero-order valence-corrected chi connectivity index (χ0v) is 17.4. The van der Waals surface area contributed by atoms with Crippen LogP contribution in [0.1, 0.15) is 30.0 Å². The van der Waals surface area contributed by atoms with E-state index in [9.17, 15) is 4.79 Å². The highest BCUT2D eigenvalue weighted by atomic mass is 16.5. The summed E-state index contributed by atoms with van der Waals surface area (Å²) in [6.45, 7) is 6.26. The maximum Gasteiger partial charge on any atom is 0.261 e. The third-order valence-electron chi connectivity index (χ3n) is 4.33. The molecule has 2 aromatic carbocycles. The first-order chi connectivity index (χ1) is 13.4. The van der Waals surface area contributed by atoms with Gasteiger partial charge in [0.15, 0.2) is 17.6 Å². The quantitative estimate of drug-likeness (QED) is 0.709. The van der Waals surface area contributed by atoms with Crippen LogP contribution in [0, 0.1) is 13.8 Å². The summed E-state index contributed by atoms with van der Waals surface area (Å²) in [5.74, 6) is 2.14. The second-order valence-corrected chi connectivity index (χ2v) is 6.59. The average molecular weight is 387 g/mol. The Morgan fingerprint density at radius 2 is 1.50 bits per heavy atom. The van der Waals surface area contributed by atoms with Crippen molar-refractivity contribution in [3.8, 4) is 23.0 Å². The van der Waals surface area contributed by atoms with Crippen LogP contribution in [0.3, 0.4) is 0 Å². The van der Waals surface area contributed by atoms with Crippen LogP contribution < -0.4 is 24.3 Å². The van der Waals surface area contributed by atoms with Crippen LogP contribution in [0.4, 0.5) is 0 Å². The predicted octanol–water partition coefficient (Wildman–Crippen LogP) is 3.80. The zero-order chi connectivity index (χ0) is 20.7. The van der Waals surface area contributed by atoms with E-state index in [1.165, 1.54) is 0 Å². The molecule has 0 aromatic heterocycles. The van der Waals surface area contributed by atoms with E-state index in [1.54, 1.807) is 21.3 Å². The minimum absolute atomic E-state index is 0.171. The Morgan fingerprint density at radius 1 is 0.929 bits per heavy atom. The summed E-state index contributed by atoms with van der Waals surface area (Å²) in [5, 5.41) is 2.92. The highest BCUT2D eigenvalue weighted by molar-refractivity contribution is 5.81. The monoisotopic (exact) mass is 387 g/mol. The van der Waals surface area contributed by atoms with Crippen LogP contribution in [0.2, 0.25) is 0 Å². The van der Waals surface area contributed by atoms with Gasteiger partial charge >= 0.3 is 0 Å². The van der Waals surface area contributed by atoms with Crippen molar-refractivity contribution in [3.63, 3.8) is 0 Å². The zero-order valence-electron chi connectivity index (χ0n) is 17.4. The molecule has 2 aromatic rings. The Labute approximate surface area is 166 Å². The van der Waals surface area contributed by atoms with Crippen molar-refractivity contribution in [1.82, 2.24) is 5.32 Å². The highest BCUT2D eigenvalue weighted by Gasteiger charge is 2.19. The molecular weight excluding hydrogens is 358 g/mol. The lowest BCUT2D eigenvalue weighted by Gasteiger charge is -2.19. The van der Waals surface area contributed by atoms with E-state index in [1.807, 2.05) is 45.0 Å². The lowest BCUT2D eigenvalue weighted by molar-refractivity contribution is -0.128. The van der Waals surface area contributed by atoms with Crippen molar-refractivity contribution in [3.05, 3.63) is 47.0 Å². The van der Waals surface area contributed by atoms with Gasteiger partial charge in [-0.3, -0.25) is 4.79 Å². The van der Waals surface area contributed by atoms with Crippen molar-refractivity contribution in [1.29, 1.82) is 0 Å². The normalized spacial score (nSPS) is 11.5. The summed E-state index contributed by atoms with van der Waals surface area (Å²) in [6, 6.07) is 9.56. The number of methoxy groups -OCH3 is 3. The molecule has 0 fully saturated rings. The third-order valence-corrected chi connectivity index (χ3v) is 4.33. The number of benzene rings is 2. The molecule has 0 bridgehead atoms. The first-order valence-corrected chi connectivity index (χ1v) is 9.23. The van der Waals surface area contributed by atoms with E-state index < -0.39 is 6.10 Å². The molecule has 0 saturated heterocycles. The van der Waals surface area contributed by atoms with Gasteiger partial charge in [0.1, 0.15) is 5.75 Å². The molecule has 6 heteroatoms. The van der Waals surface area contributed by atoms with Gasteiger partial charge in [0, 0.05) is 6.54 Å². The molecule has 0 aliphatic rings. The summed E-state index contributed by atoms with van der Waals surface area (Å²) in [5.41, 5.74) is 3.04. The summed E-state index contributed by atoms with van der Waals surface area (Å²) in [6.07, 6.45) is -0.00288. The van der Waals surface area contributed by atoms with Crippen LogP contribution in [-0.2, 0) is 11.3 Å². The van der Waals surface area contributed by atoms with Crippen molar-refractivity contribution < 1.29 is 23.7 Å². The van der Waals surface area contributed by atoms with Crippen molar-refractivity contribution >= 4 is 5.91 Å². The van der Waals surface area contributed by atoms with Gasteiger partial charge in [0.25, 0.3) is 5.91 Å². The summed E-state index contributed by atoms with van der Waals surface area (Å²) in [7, 11) is 4.67. The molecule has 0 spiro atoms. The van der Waals surface area contributed by atoms with Crippen LogP contribution in [0.15, 0.2) is 30.3 Å². The summed E-state index contributed by atoms with van der Waals surface area (Å²) >= 11 is 0. The van der Waals surface area contributed by atoms with Crippen molar-refractivity contribution in [2.24, 2.45) is 0 Å². The Bertz CT molecular complexity index is 773. The number of hydrogen-bond acceptors (Lipinski definition) is 5. The minimum atomic E-state index is -0.566. The topological polar surface area (TPSA) is 66.0 Å². The van der Waals surface area contributed by atoms with Crippen molar-refractivity contribution in [2.45, 2.75) is 39.8 Å². The molecule has 152 valence electrons. The first kappa shape index (κ1) is 21.4. The van der Waals surface area contributed by atoms with Crippen LogP contribution in [0.25, 0.3) is 0 Å². The second kappa shape index (κ2) is 9.88. The lowest BCUT2D eigenvalue weighted by atomic mass is 10.1. The Morgan fingerprint density at radius 3 is 1.96 bits per heavy atom. The van der Waals surface area contributed by atoms with E-state index in [2.05, 4.69) is 11.4 Å². The van der Waals surface area contributed by atoms with Gasteiger partial charge in [-0.25, -0.2) is 0 Å². The Hall–Kier alpha value is -2.89. The van der Waals surface area contributed by atoms with E-state index in [0.29, 0.717) is 36.0 Å². The first-order valence-electron chi connectivity index (χ1n) is 9.23. The minimum Gasteiger partial charge on any atom is -0.493 e. The second-order valence-electron chi connectivity index (χ2n) is 6.59. The molecule has 0 heterocycles. The molecule has 0 aliphatic heterocycles. The van der Waals surface area contributed by atoms with Crippen molar-refractivity contribution in [2.75, 3.05) is 21.3 Å². The molecule has 1 unspecified atom stereocenters. The van der Waals surface area contributed by atoms with Gasteiger partial charge in [-0.2, -0.15) is 0 Å². The smallest absolute Gasteiger partial charge is 0.261 e. The molecule has 0 aliphatic carbocycles. The number of ether oxygens (including phenoxy) is 4. The molecule has 2 rings (SSSR count). The Kier molecular flexibility index (Phi) is 7.55. The lowest BCUT2D eigenvalue weighted by Crippen LogP contribution is -2.37. The summed E-state index contributed by atoms with van der Waals surface area (Å²) in [4.78, 5) is 12.6. The number of rotatable bonds is 9. The molecular formula is C22H29NO5. The van der Waals surface area contributed by atoms with Gasteiger partial charge in [0.2, 0.25) is 5.75 Å². The number of nitrogens with one attached hydrogen (secondary N) is 1. The van der Waals surface area contributed by atoms with Gasteiger partial charge in [-0.15, -0.1) is 0 Å². The SMILES string of the molecule is CCC(Oc1cc(C)cc(C)c1)C(=O)NCc1cc(OC)c(OC)c(OC)c1. The van der Waals surface area contributed by atoms with Gasteiger partial charge in [-0.05, 0) is 61.2 Å². The van der Waals surface area contributed by atoms with E-state index in [4.69, 9.17) is 18.9 Å². The maximum atomic E-state index is 12.6. The number of carbonyl (C=O) groups excluding carboxylic acids is 1. The van der Waals surface area contributed by atoms with Gasteiger partial charge in [0.05, 0.1) is 21.3 Å². The summed E-state index contributed by atoms with van der Waals surface area (Å²) < 4.78 is 22.0. The van der Waals surface area contributed by atoms with Crippen LogP contribution >= 0.6 is 0 Å². The van der Waals surface area contributed by atoms with E-state index in [-0.39, 0.29) is 5.91 Å². The standard InChI is InChI=1S/C22H29NO5/c1-7-18(28-17-9-14(2)8-15(3)10-17)22(24)23-13-16-11-19(25-4)21(27-6)20(12-16)26-5/h8-12,18H,7,13H2,1-6H3,(H,23,24). The highest BCUT2D eigenvalue weighted by Crippen LogP contribution is 2.38. The number of hydrogen-bond donors (Lipinski definition) is 1. The van der Waals surface area contributed by atoms with Gasteiger partial charge in [-0.1, -0.05) is 13.0 Å². The molecule has 1 atom stereocenters. The Balaban J connectivity index is 2.09. The maximum absolute atomic E-state index is 12.6. The third kappa shape index (κ3) is 5.31. The number of aryl methyl sites for hydroxylation is 2. The molecule has 1 N–H and O–H groups in total. The molecule has 0 radical (unpaired) electrons. The van der Waals surface area contributed by atoms with Crippen LogP contribution in [-0.4, -0.2) is 33.3 Å². The fourth-order valence-corrected chi connectivity index (χ4v) is 3.03. The number of carbonyl (C=O) groups is 1. The predicted molar refractivity (Wildman–Crippen MR) is 109 cm³/mol. The van der Waals surface area contributed by atoms with Gasteiger partial charge < -0.3 is 24.3 Å². The average Bonchev–Trinajstić information content (AvgIpc) is 2.68. The molecule has 28 heavy (non-hydrogen) atoms. The van der Waals surface area contributed by atoms with E-state index in [0.717, 1.165) is 16.7 Å². The molecule has 0 saturated carbocycles. The van der Waals surface area contributed by atoms with Crippen LogP contribution in [0.5, 0.6) is 23.0 Å². The number of amides is 1. The molecule has 6 nitrogen and oxygen atoms in total. The largest absolute Gasteiger partial charge is 0.493 e. The van der Waals surface area contributed by atoms with E-state index >= 15 is 0 Å². The molecule has 1 amide bonds. The fourth-order valence-electron chi connectivity index (χ4n) is 3.03.